The first-order valence-electron chi connectivity index (χ1n) is 7.44. The van der Waals surface area contributed by atoms with Gasteiger partial charge in [0.2, 0.25) is 5.88 Å². The number of hydrogen-bond acceptors (Lipinski definition) is 5. The predicted octanol–water partition coefficient (Wildman–Crippen LogP) is 3.29. The van der Waals surface area contributed by atoms with Gasteiger partial charge < -0.3 is 9.42 Å². The Hall–Kier alpha value is -2.78. The number of nitrogens with one attached hydrogen (secondary N) is 1. The van der Waals surface area contributed by atoms with Crippen molar-refractivity contribution >= 4 is 23.4 Å². The van der Waals surface area contributed by atoms with E-state index in [1.807, 2.05) is 12.1 Å². The van der Waals surface area contributed by atoms with Gasteiger partial charge in [0.05, 0.1) is 0 Å². The first-order valence-corrected chi connectivity index (χ1v) is 7.82. The lowest BCUT2D eigenvalue weighted by Gasteiger charge is -2.11. The lowest BCUT2D eigenvalue weighted by Crippen LogP contribution is -2.21. The van der Waals surface area contributed by atoms with Crippen molar-refractivity contribution in [2.45, 2.75) is 6.42 Å². The molecule has 0 spiro atoms. The Kier molecular flexibility index (Phi) is 4.54. The molecule has 1 aliphatic rings. The first kappa shape index (κ1) is 16.1. The highest BCUT2D eigenvalue weighted by Gasteiger charge is 2.27. The summed E-state index contributed by atoms with van der Waals surface area (Å²) in [7, 11) is 0. The SMILES string of the molecule is C=C(C(=O)Nc1cc(-c2cccc(Cl)c2)no1)C1CCN(C#N)C1. The number of rotatable bonds is 4. The van der Waals surface area contributed by atoms with Gasteiger partial charge in [0.25, 0.3) is 5.91 Å². The maximum Gasteiger partial charge on any atom is 0.253 e. The van der Waals surface area contributed by atoms with E-state index in [2.05, 4.69) is 23.2 Å². The van der Waals surface area contributed by atoms with E-state index < -0.39 is 0 Å². The van der Waals surface area contributed by atoms with Crippen molar-refractivity contribution < 1.29 is 9.32 Å². The highest BCUT2D eigenvalue weighted by atomic mass is 35.5. The summed E-state index contributed by atoms with van der Waals surface area (Å²) >= 11 is 5.96. The average molecular weight is 343 g/mol. The number of aromatic nitrogens is 1. The van der Waals surface area contributed by atoms with Crippen molar-refractivity contribution in [3.05, 3.63) is 47.5 Å². The van der Waals surface area contributed by atoms with E-state index in [4.69, 9.17) is 21.4 Å². The molecule has 2 aromatic rings. The fraction of sp³-hybridized carbons (Fsp3) is 0.235. The third-order valence-electron chi connectivity index (χ3n) is 3.98. The summed E-state index contributed by atoms with van der Waals surface area (Å²) < 4.78 is 5.16. The van der Waals surface area contributed by atoms with Crippen LogP contribution in [0.5, 0.6) is 0 Å². The summed E-state index contributed by atoms with van der Waals surface area (Å²) in [5, 5.41) is 16.1. The number of nitrogens with zero attached hydrogens (tertiary/aromatic N) is 3. The maximum atomic E-state index is 12.3. The number of nitriles is 1. The van der Waals surface area contributed by atoms with Gasteiger partial charge in [-0.3, -0.25) is 10.1 Å². The zero-order valence-corrected chi connectivity index (χ0v) is 13.6. The molecule has 1 fully saturated rings. The Bertz CT molecular complexity index is 824. The van der Waals surface area contributed by atoms with E-state index in [0.29, 0.717) is 29.4 Å². The number of amides is 1. The molecule has 1 saturated heterocycles. The zero-order valence-electron chi connectivity index (χ0n) is 12.8. The average Bonchev–Trinajstić information content (AvgIpc) is 3.23. The minimum Gasteiger partial charge on any atom is -0.338 e. The molecule has 1 aromatic heterocycles. The van der Waals surface area contributed by atoms with Crippen LogP contribution in [-0.4, -0.2) is 29.1 Å². The molecule has 0 bridgehead atoms. The second-order valence-electron chi connectivity index (χ2n) is 5.60. The molecule has 7 heteroatoms. The number of hydrogen-bond donors (Lipinski definition) is 1. The van der Waals surface area contributed by atoms with Gasteiger partial charge in [0, 0.05) is 41.2 Å². The van der Waals surface area contributed by atoms with E-state index in [9.17, 15) is 4.79 Å². The first-order chi connectivity index (χ1) is 11.6. The molecule has 6 nitrogen and oxygen atoms in total. The highest BCUT2D eigenvalue weighted by Crippen LogP contribution is 2.26. The molecule has 2 heterocycles. The van der Waals surface area contributed by atoms with Gasteiger partial charge in [-0.25, -0.2) is 0 Å². The van der Waals surface area contributed by atoms with Crippen LogP contribution < -0.4 is 5.32 Å². The smallest absolute Gasteiger partial charge is 0.253 e. The van der Waals surface area contributed by atoms with Crippen LogP contribution in [0.1, 0.15) is 6.42 Å². The topological polar surface area (TPSA) is 82.2 Å². The summed E-state index contributed by atoms with van der Waals surface area (Å²) in [6.07, 6.45) is 2.82. The summed E-state index contributed by atoms with van der Waals surface area (Å²) in [5.41, 5.74) is 1.81. The molecule has 1 aliphatic heterocycles. The van der Waals surface area contributed by atoms with E-state index in [1.54, 1.807) is 23.1 Å². The fourth-order valence-electron chi connectivity index (χ4n) is 2.63. The number of benzene rings is 1. The van der Waals surface area contributed by atoms with Crippen LogP contribution in [0.3, 0.4) is 0 Å². The van der Waals surface area contributed by atoms with Gasteiger partial charge in [-0.15, -0.1) is 0 Å². The van der Waals surface area contributed by atoms with Crippen molar-refractivity contribution in [2.75, 3.05) is 18.4 Å². The van der Waals surface area contributed by atoms with Crippen LogP contribution in [0.15, 0.2) is 47.0 Å². The zero-order chi connectivity index (χ0) is 17.1. The van der Waals surface area contributed by atoms with Crippen molar-refractivity contribution in [1.29, 1.82) is 5.26 Å². The van der Waals surface area contributed by atoms with Crippen LogP contribution >= 0.6 is 11.6 Å². The lowest BCUT2D eigenvalue weighted by molar-refractivity contribution is -0.113. The van der Waals surface area contributed by atoms with Gasteiger partial charge in [-0.2, -0.15) is 5.26 Å². The molecule has 0 radical (unpaired) electrons. The van der Waals surface area contributed by atoms with Gasteiger partial charge in [-0.05, 0) is 18.6 Å². The maximum absolute atomic E-state index is 12.3. The minimum atomic E-state index is -0.325. The van der Waals surface area contributed by atoms with Crippen LogP contribution in [0.4, 0.5) is 5.88 Å². The van der Waals surface area contributed by atoms with Crippen LogP contribution in [-0.2, 0) is 4.79 Å². The van der Waals surface area contributed by atoms with Crippen molar-refractivity contribution in [3.8, 4) is 17.5 Å². The number of carbonyl (C=O) groups excluding carboxylic acids is 1. The Morgan fingerprint density at radius 1 is 1.50 bits per heavy atom. The molecule has 24 heavy (non-hydrogen) atoms. The molecular weight excluding hydrogens is 328 g/mol. The minimum absolute atomic E-state index is 0.0278. The lowest BCUT2D eigenvalue weighted by atomic mass is 9.99. The van der Waals surface area contributed by atoms with Crippen LogP contribution in [0.25, 0.3) is 11.3 Å². The van der Waals surface area contributed by atoms with Crippen molar-refractivity contribution in [2.24, 2.45) is 5.92 Å². The Morgan fingerprint density at radius 2 is 2.33 bits per heavy atom. The van der Waals surface area contributed by atoms with Crippen molar-refractivity contribution in [1.82, 2.24) is 10.1 Å². The standard InChI is InChI=1S/C17H15ClN4O2/c1-11(13-5-6-22(9-13)10-19)17(23)20-16-8-15(21-24-16)12-3-2-4-14(18)7-12/h2-4,7-8,13H,1,5-6,9H2,(H,20,23). The number of carbonyl (C=O) groups is 1. The normalized spacial score (nSPS) is 16.7. The van der Waals surface area contributed by atoms with Crippen LogP contribution in [0, 0.1) is 17.4 Å². The second-order valence-corrected chi connectivity index (χ2v) is 6.03. The van der Waals surface area contributed by atoms with Crippen molar-refractivity contribution in [3.63, 3.8) is 0 Å². The number of halogens is 1. The molecule has 3 rings (SSSR count). The fourth-order valence-corrected chi connectivity index (χ4v) is 2.82. The van der Waals surface area contributed by atoms with Gasteiger partial charge in [0.1, 0.15) is 5.69 Å². The Balaban J connectivity index is 1.65. The third-order valence-corrected chi connectivity index (χ3v) is 4.22. The van der Waals surface area contributed by atoms with E-state index >= 15 is 0 Å². The highest BCUT2D eigenvalue weighted by molar-refractivity contribution is 6.30. The summed E-state index contributed by atoms with van der Waals surface area (Å²) in [6.45, 7) is 5.02. The molecule has 0 saturated carbocycles. The molecule has 1 atom stereocenters. The molecule has 1 amide bonds. The summed E-state index contributed by atoms with van der Waals surface area (Å²) in [4.78, 5) is 13.9. The number of anilines is 1. The van der Waals surface area contributed by atoms with E-state index in [1.165, 1.54) is 0 Å². The second kappa shape index (κ2) is 6.77. The molecule has 0 aliphatic carbocycles. The Morgan fingerprint density at radius 3 is 3.04 bits per heavy atom. The largest absolute Gasteiger partial charge is 0.338 e. The molecule has 122 valence electrons. The van der Waals surface area contributed by atoms with Gasteiger partial charge in [0.15, 0.2) is 6.19 Å². The Labute approximate surface area is 144 Å². The molecule has 1 N–H and O–H groups in total. The van der Waals surface area contributed by atoms with E-state index in [-0.39, 0.29) is 17.7 Å². The van der Waals surface area contributed by atoms with Gasteiger partial charge in [-0.1, -0.05) is 35.5 Å². The van der Waals surface area contributed by atoms with Gasteiger partial charge >= 0.3 is 0 Å². The molecular formula is C17H15ClN4O2. The quantitative estimate of drug-likeness (QED) is 0.681. The summed E-state index contributed by atoms with van der Waals surface area (Å²) in [6, 6.07) is 8.83. The molecule has 1 unspecified atom stereocenters. The van der Waals surface area contributed by atoms with E-state index in [0.717, 1.165) is 12.0 Å². The molecule has 1 aromatic carbocycles. The van der Waals surface area contributed by atoms with Crippen LogP contribution in [0.2, 0.25) is 5.02 Å². The monoisotopic (exact) mass is 342 g/mol. The number of likely N-dealkylation sites (tertiary alicyclic amines) is 1. The summed E-state index contributed by atoms with van der Waals surface area (Å²) in [5.74, 6) is -0.111. The predicted molar refractivity (Wildman–Crippen MR) is 90.0 cm³/mol. The third kappa shape index (κ3) is 3.42.